The van der Waals surface area contributed by atoms with E-state index in [1.54, 1.807) is 24.3 Å². The van der Waals surface area contributed by atoms with Crippen LogP contribution >= 0.6 is 0 Å². The lowest BCUT2D eigenvalue weighted by molar-refractivity contribution is 0.0692. The quantitative estimate of drug-likeness (QED) is 0.576. The molecule has 0 aliphatic heterocycles. The zero-order valence-corrected chi connectivity index (χ0v) is 12.7. The molecule has 0 unspecified atom stereocenters. The summed E-state index contributed by atoms with van der Waals surface area (Å²) in [6, 6.07) is 22.3. The van der Waals surface area contributed by atoms with Crippen molar-refractivity contribution in [3.05, 3.63) is 90.0 Å². The molecule has 118 valence electrons. The van der Waals surface area contributed by atoms with Crippen LogP contribution in [0.1, 0.15) is 20.7 Å². The number of benzene rings is 3. The average Bonchev–Trinajstić information content (AvgIpc) is 2.62. The van der Waals surface area contributed by atoms with Crippen LogP contribution in [0.4, 0.5) is 0 Å². The summed E-state index contributed by atoms with van der Waals surface area (Å²) in [5.74, 6) is -1.14. The number of ether oxygens (including phenoxy) is 1. The second-order valence-corrected chi connectivity index (χ2v) is 5.13. The van der Waals surface area contributed by atoms with Gasteiger partial charge in [0.05, 0.1) is 11.1 Å². The van der Waals surface area contributed by atoms with Gasteiger partial charge in [0.2, 0.25) is 0 Å². The Morgan fingerprint density at radius 2 is 1.42 bits per heavy atom. The molecule has 0 amide bonds. The highest BCUT2D eigenvalue weighted by atomic mass is 16.5. The van der Waals surface area contributed by atoms with Crippen molar-refractivity contribution in [1.82, 2.24) is 0 Å². The lowest BCUT2D eigenvalue weighted by atomic mass is 9.97. The van der Waals surface area contributed by atoms with E-state index in [-0.39, 0.29) is 5.56 Å². The number of carbonyl (C=O) groups excluding carboxylic acids is 1. The van der Waals surface area contributed by atoms with E-state index in [2.05, 4.69) is 0 Å². The highest BCUT2D eigenvalue weighted by molar-refractivity contribution is 6.00. The third-order valence-electron chi connectivity index (χ3n) is 3.52. The Morgan fingerprint density at radius 1 is 0.792 bits per heavy atom. The summed E-state index contributed by atoms with van der Waals surface area (Å²) in [4.78, 5) is 23.8. The number of para-hydroxylation sites is 1. The Balaban J connectivity index is 2.03. The van der Waals surface area contributed by atoms with Crippen molar-refractivity contribution in [2.24, 2.45) is 0 Å². The molecule has 3 aromatic rings. The van der Waals surface area contributed by atoms with Gasteiger partial charge in [0.25, 0.3) is 0 Å². The molecule has 0 saturated carbocycles. The molecule has 0 aliphatic rings. The summed E-state index contributed by atoms with van der Waals surface area (Å²) in [6.07, 6.45) is 0. The van der Waals surface area contributed by atoms with Crippen LogP contribution in [0, 0.1) is 0 Å². The Hall–Kier alpha value is -3.40. The molecule has 4 heteroatoms. The molecule has 0 aliphatic carbocycles. The highest BCUT2D eigenvalue weighted by Crippen LogP contribution is 2.26. The van der Waals surface area contributed by atoms with Gasteiger partial charge in [-0.2, -0.15) is 0 Å². The van der Waals surface area contributed by atoms with Crippen molar-refractivity contribution in [1.29, 1.82) is 0 Å². The SMILES string of the molecule is O=C(O)c1ccc(C(=O)Oc2ccccc2)c(-c2ccccc2)c1. The predicted octanol–water partition coefficient (Wildman–Crippen LogP) is 4.27. The van der Waals surface area contributed by atoms with Crippen LogP contribution in [-0.2, 0) is 0 Å². The standard InChI is InChI=1S/C20H14O4/c21-19(22)15-11-12-17(18(13-15)14-7-3-1-4-8-14)20(23)24-16-9-5-2-6-10-16/h1-13H,(H,21,22). The van der Waals surface area contributed by atoms with Gasteiger partial charge in [0.15, 0.2) is 0 Å². The molecule has 3 aromatic carbocycles. The summed E-state index contributed by atoms with van der Waals surface area (Å²) in [5, 5.41) is 9.20. The maximum atomic E-state index is 12.5. The third-order valence-corrected chi connectivity index (χ3v) is 3.52. The number of carbonyl (C=O) groups is 2. The summed E-state index contributed by atoms with van der Waals surface area (Å²) in [7, 11) is 0. The van der Waals surface area contributed by atoms with Gasteiger partial charge in [-0.15, -0.1) is 0 Å². The molecule has 0 heterocycles. The maximum absolute atomic E-state index is 12.5. The van der Waals surface area contributed by atoms with Crippen molar-refractivity contribution in [3.8, 4) is 16.9 Å². The topological polar surface area (TPSA) is 63.6 Å². The van der Waals surface area contributed by atoms with Crippen LogP contribution in [-0.4, -0.2) is 17.0 Å². The Kier molecular flexibility index (Phi) is 4.38. The molecular weight excluding hydrogens is 304 g/mol. The van der Waals surface area contributed by atoms with E-state index in [1.165, 1.54) is 18.2 Å². The molecular formula is C20H14O4. The molecule has 0 radical (unpaired) electrons. The largest absolute Gasteiger partial charge is 0.478 e. The minimum absolute atomic E-state index is 0.116. The lowest BCUT2D eigenvalue weighted by Gasteiger charge is -2.11. The lowest BCUT2D eigenvalue weighted by Crippen LogP contribution is -2.11. The molecule has 0 aromatic heterocycles. The fourth-order valence-corrected chi connectivity index (χ4v) is 2.36. The van der Waals surface area contributed by atoms with E-state index < -0.39 is 11.9 Å². The smallest absolute Gasteiger partial charge is 0.344 e. The average molecular weight is 318 g/mol. The van der Waals surface area contributed by atoms with Crippen LogP contribution in [0.5, 0.6) is 5.75 Å². The first-order chi connectivity index (χ1) is 11.6. The Labute approximate surface area is 139 Å². The first-order valence-electron chi connectivity index (χ1n) is 7.35. The van der Waals surface area contributed by atoms with E-state index in [0.29, 0.717) is 16.9 Å². The van der Waals surface area contributed by atoms with Crippen molar-refractivity contribution >= 4 is 11.9 Å². The molecule has 3 rings (SSSR count). The Morgan fingerprint density at radius 3 is 2.04 bits per heavy atom. The normalized spacial score (nSPS) is 10.2. The number of carboxylic acid groups (broad SMARTS) is 1. The minimum Gasteiger partial charge on any atom is -0.478 e. The van der Waals surface area contributed by atoms with E-state index in [0.717, 1.165) is 5.56 Å². The number of rotatable bonds is 4. The van der Waals surface area contributed by atoms with Crippen molar-refractivity contribution in [2.75, 3.05) is 0 Å². The van der Waals surface area contributed by atoms with Gasteiger partial charge in [0.1, 0.15) is 5.75 Å². The zero-order valence-electron chi connectivity index (χ0n) is 12.7. The minimum atomic E-state index is -1.05. The third kappa shape index (κ3) is 3.33. The molecule has 24 heavy (non-hydrogen) atoms. The van der Waals surface area contributed by atoms with Gasteiger partial charge in [-0.25, -0.2) is 9.59 Å². The monoisotopic (exact) mass is 318 g/mol. The van der Waals surface area contributed by atoms with Crippen LogP contribution in [0.15, 0.2) is 78.9 Å². The molecule has 4 nitrogen and oxygen atoms in total. The number of hydrogen-bond donors (Lipinski definition) is 1. The first-order valence-corrected chi connectivity index (χ1v) is 7.35. The van der Waals surface area contributed by atoms with E-state index in [9.17, 15) is 14.7 Å². The van der Waals surface area contributed by atoms with E-state index in [4.69, 9.17) is 4.74 Å². The van der Waals surface area contributed by atoms with Gasteiger partial charge in [-0.05, 0) is 41.5 Å². The van der Waals surface area contributed by atoms with Gasteiger partial charge in [-0.1, -0.05) is 48.5 Å². The van der Waals surface area contributed by atoms with Crippen molar-refractivity contribution in [3.63, 3.8) is 0 Å². The Bertz CT molecular complexity index is 871. The fourth-order valence-electron chi connectivity index (χ4n) is 2.36. The number of esters is 1. The van der Waals surface area contributed by atoms with Gasteiger partial charge in [0, 0.05) is 0 Å². The number of aromatic carboxylic acids is 1. The molecule has 0 fully saturated rings. The fraction of sp³-hybridized carbons (Fsp3) is 0. The maximum Gasteiger partial charge on any atom is 0.344 e. The predicted molar refractivity (Wildman–Crippen MR) is 90.2 cm³/mol. The van der Waals surface area contributed by atoms with Crippen LogP contribution in [0.3, 0.4) is 0 Å². The van der Waals surface area contributed by atoms with E-state index >= 15 is 0 Å². The van der Waals surface area contributed by atoms with E-state index in [1.807, 2.05) is 36.4 Å². The zero-order chi connectivity index (χ0) is 16.9. The van der Waals surface area contributed by atoms with Crippen LogP contribution < -0.4 is 4.74 Å². The van der Waals surface area contributed by atoms with Gasteiger partial charge in [-0.3, -0.25) is 0 Å². The van der Waals surface area contributed by atoms with Crippen LogP contribution in [0.2, 0.25) is 0 Å². The molecule has 0 saturated heterocycles. The second kappa shape index (κ2) is 6.79. The molecule has 0 spiro atoms. The summed E-state index contributed by atoms with van der Waals surface area (Å²) in [5.41, 5.74) is 1.71. The molecule has 1 N–H and O–H groups in total. The second-order valence-electron chi connectivity index (χ2n) is 5.13. The summed E-state index contributed by atoms with van der Waals surface area (Å²) < 4.78 is 5.38. The first kappa shape index (κ1) is 15.5. The molecule has 0 atom stereocenters. The molecule has 0 bridgehead atoms. The van der Waals surface area contributed by atoms with Gasteiger partial charge >= 0.3 is 11.9 Å². The number of carboxylic acids is 1. The summed E-state index contributed by atoms with van der Waals surface area (Å²) in [6.45, 7) is 0. The summed E-state index contributed by atoms with van der Waals surface area (Å²) >= 11 is 0. The highest BCUT2D eigenvalue weighted by Gasteiger charge is 2.17. The number of hydrogen-bond acceptors (Lipinski definition) is 3. The van der Waals surface area contributed by atoms with Crippen LogP contribution in [0.25, 0.3) is 11.1 Å². The van der Waals surface area contributed by atoms with Crippen molar-refractivity contribution < 1.29 is 19.4 Å². The van der Waals surface area contributed by atoms with Crippen molar-refractivity contribution in [2.45, 2.75) is 0 Å². The van der Waals surface area contributed by atoms with Gasteiger partial charge < -0.3 is 9.84 Å².